The van der Waals surface area contributed by atoms with E-state index in [1.54, 1.807) is 18.2 Å². The van der Waals surface area contributed by atoms with Crippen LogP contribution >= 0.6 is 23.2 Å². The predicted octanol–water partition coefficient (Wildman–Crippen LogP) is 2.55. The maximum absolute atomic E-state index is 12.1. The fourth-order valence-corrected chi connectivity index (χ4v) is 2.54. The van der Waals surface area contributed by atoms with Crippen LogP contribution in [0.2, 0.25) is 10.0 Å². The molecule has 0 heterocycles. The van der Waals surface area contributed by atoms with E-state index in [4.69, 9.17) is 28.5 Å². The van der Waals surface area contributed by atoms with Crippen molar-refractivity contribution in [3.05, 3.63) is 33.8 Å². The summed E-state index contributed by atoms with van der Waals surface area (Å²) in [5.41, 5.74) is 0.909. The Morgan fingerprint density at radius 3 is 2.65 bits per heavy atom. The average Bonchev–Trinajstić information content (AvgIpc) is 3.22. The highest BCUT2D eigenvalue weighted by Crippen LogP contribution is 2.49. The number of carbonyl (C=O) groups excluding carboxylic acids is 2. The number of amides is 1. The van der Waals surface area contributed by atoms with Crippen LogP contribution in [-0.2, 0) is 9.59 Å². The average molecular weight is 311 g/mol. The van der Waals surface area contributed by atoms with E-state index >= 15 is 0 Å². The molecule has 0 radical (unpaired) electrons. The minimum Gasteiger partial charge on any atom is -0.358 e. The summed E-state index contributed by atoms with van der Waals surface area (Å²) in [7, 11) is 1.41. The van der Waals surface area contributed by atoms with Crippen LogP contribution in [0.3, 0.4) is 0 Å². The quantitative estimate of drug-likeness (QED) is 0.869. The Kier molecular flexibility index (Phi) is 4.32. The minimum atomic E-state index is -1.24. The third-order valence-electron chi connectivity index (χ3n) is 3.45. The van der Waals surface area contributed by atoms with Crippen LogP contribution in [0.1, 0.15) is 17.9 Å². The number of hydrogen-bond donors (Lipinski definition) is 1. The van der Waals surface area contributed by atoms with Gasteiger partial charge in [0.1, 0.15) is 0 Å². The first-order valence-electron chi connectivity index (χ1n) is 6.09. The molecular formula is C14H12Cl2N2O2. The summed E-state index contributed by atoms with van der Waals surface area (Å²) in [6, 6.07) is 6.98. The molecule has 4 nitrogen and oxygen atoms in total. The molecule has 0 aromatic heterocycles. The largest absolute Gasteiger partial charge is 0.358 e. The molecule has 1 fully saturated rings. The molecule has 1 N–H and O–H groups in total. The second kappa shape index (κ2) is 5.82. The predicted molar refractivity (Wildman–Crippen MR) is 75.5 cm³/mol. The molecule has 0 spiro atoms. The third kappa shape index (κ3) is 2.79. The van der Waals surface area contributed by atoms with Crippen molar-refractivity contribution < 1.29 is 9.59 Å². The number of nitrogens with one attached hydrogen (secondary N) is 1. The molecule has 1 amide bonds. The highest BCUT2D eigenvalue weighted by molar-refractivity contribution is 6.42. The fraction of sp³-hybridized carbons (Fsp3) is 0.357. The number of Topliss-reactive ketones (excluding diaryl/α,β-unsaturated/α-hetero) is 1. The summed E-state index contributed by atoms with van der Waals surface area (Å²) in [6.07, 6.45) is 0.631. The van der Waals surface area contributed by atoms with Crippen molar-refractivity contribution in [2.24, 2.45) is 11.8 Å². The van der Waals surface area contributed by atoms with Crippen molar-refractivity contribution in [2.45, 2.75) is 12.3 Å². The zero-order chi connectivity index (χ0) is 14.9. The number of rotatable bonds is 4. The van der Waals surface area contributed by atoms with E-state index in [2.05, 4.69) is 5.32 Å². The van der Waals surface area contributed by atoms with Crippen LogP contribution in [-0.4, -0.2) is 18.7 Å². The molecule has 6 heteroatoms. The molecule has 2 rings (SSSR count). The summed E-state index contributed by atoms with van der Waals surface area (Å²) in [6.45, 7) is 0. The Hall–Kier alpha value is -1.57. The van der Waals surface area contributed by atoms with Gasteiger partial charge in [0.15, 0.2) is 11.7 Å². The molecule has 20 heavy (non-hydrogen) atoms. The van der Waals surface area contributed by atoms with Gasteiger partial charge in [-0.15, -0.1) is 0 Å². The van der Waals surface area contributed by atoms with Crippen LogP contribution in [0.4, 0.5) is 0 Å². The third-order valence-corrected chi connectivity index (χ3v) is 4.19. The molecule has 0 saturated heterocycles. The Morgan fingerprint density at radius 1 is 1.40 bits per heavy atom. The smallest absolute Gasteiger partial charge is 0.244 e. The first kappa shape index (κ1) is 14.8. The standard InChI is InChI=1S/C14H12Cl2N2O2/c1-18-14(20)10(6-17)13(19)9-5-8(9)7-2-3-11(15)12(16)4-7/h2-4,8-10H,5H2,1H3,(H,18,20)/t8-,9+,10-/m1/s1. The van der Waals surface area contributed by atoms with Gasteiger partial charge in [-0.2, -0.15) is 5.26 Å². The van der Waals surface area contributed by atoms with Crippen LogP contribution in [0.25, 0.3) is 0 Å². The fourth-order valence-electron chi connectivity index (χ4n) is 2.23. The lowest BCUT2D eigenvalue weighted by Gasteiger charge is -2.06. The molecule has 1 aliphatic rings. The maximum Gasteiger partial charge on any atom is 0.244 e. The van der Waals surface area contributed by atoms with Crippen LogP contribution in [0.15, 0.2) is 18.2 Å². The topological polar surface area (TPSA) is 70.0 Å². The molecule has 0 aliphatic heterocycles. The Balaban J connectivity index is 2.11. The Bertz CT molecular complexity index is 610. The first-order chi connectivity index (χ1) is 9.49. The lowest BCUT2D eigenvalue weighted by molar-refractivity contribution is -0.132. The van der Waals surface area contributed by atoms with Gasteiger partial charge in [0.05, 0.1) is 16.1 Å². The zero-order valence-corrected chi connectivity index (χ0v) is 12.2. The minimum absolute atomic E-state index is 0.0118. The van der Waals surface area contributed by atoms with Crippen LogP contribution in [0.5, 0.6) is 0 Å². The van der Waals surface area contributed by atoms with Gasteiger partial charge < -0.3 is 5.32 Å². The molecular weight excluding hydrogens is 299 g/mol. The molecule has 104 valence electrons. The van der Waals surface area contributed by atoms with Gasteiger partial charge in [0, 0.05) is 13.0 Å². The molecule has 0 bridgehead atoms. The molecule has 1 saturated carbocycles. The number of nitrogens with zero attached hydrogens (tertiary/aromatic N) is 1. The van der Waals surface area contributed by atoms with Crippen molar-refractivity contribution in [1.29, 1.82) is 5.26 Å². The molecule has 1 aromatic carbocycles. The lowest BCUT2D eigenvalue weighted by Crippen LogP contribution is -2.33. The summed E-state index contributed by atoms with van der Waals surface area (Å²) in [5, 5.41) is 12.2. The van der Waals surface area contributed by atoms with E-state index in [1.165, 1.54) is 7.05 Å². The Labute approximate surface area is 126 Å². The first-order valence-corrected chi connectivity index (χ1v) is 6.85. The van der Waals surface area contributed by atoms with Gasteiger partial charge in [-0.25, -0.2) is 0 Å². The SMILES string of the molecule is CNC(=O)[C@H](C#N)C(=O)[C@H]1C[C@@H]1c1ccc(Cl)c(Cl)c1. The van der Waals surface area contributed by atoms with E-state index in [1.807, 2.05) is 6.07 Å². The second-order valence-electron chi connectivity index (χ2n) is 4.70. The van der Waals surface area contributed by atoms with Gasteiger partial charge >= 0.3 is 0 Å². The summed E-state index contributed by atoms with van der Waals surface area (Å²) >= 11 is 11.8. The monoisotopic (exact) mass is 310 g/mol. The van der Waals surface area contributed by atoms with Gasteiger partial charge in [0.25, 0.3) is 0 Å². The van der Waals surface area contributed by atoms with Gasteiger partial charge in [-0.05, 0) is 30.0 Å². The van der Waals surface area contributed by atoms with E-state index < -0.39 is 11.8 Å². The number of halogens is 2. The Morgan fingerprint density at radius 2 is 2.10 bits per heavy atom. The lowest BCUT2D eigenvalue weighted by atomic mass is 9.98. The van der Waals surface area contributed by atoms with Crippen molar-refractivity contribution in [2.75, 3.05) is 7.05 Å². The summed E-state index contributed by atoms with van der Waals surface area (Å²) in [5.74, 6) is -2.41. The zero-order valence-electron chi connectivity index (χ0n) is 10.7. The second-order valence-corrected chi connectivity index (χ2v) is 5.52. The van der Waals surface area contributed by atoms with Crippen molar-refractivity contribution >= 4 is 34.9 Å². The van der Waals surface area contributed by atoms with E-state index in [0.717, 1.165) is 5.56 Å². The van der Waals surface area contributed by atoms with E-state index in [9.17, 15) is 9.59 Å². The van der Waals surface area contributed by atoms with Crippen molar-refractivity contribution in [3.63, 3.8) is 0 Å². The number of benzene rings is 1. The van der Waals surface area contributed by atoms with Gasteiger partial charge in [-0.1, -0.05) is 29.3 Å². The molecule has 1 aliphatic carbocycles. The van der Waals surface area contributed by atoms with E-state index in [0.29, 0.717) is 16.5 Å². The van der Waals surface area contributed by atoms with E-state index in [-0.39, 0.29) is 17.6 Å². The van der Waals surface area contributed by atoms with Gasteiger partial charge in [0.2, 0.25) is 5.91 Å². The normalized spacial score (nSPS) is 21.7. The number of carbonyl (C=O) groups is 2. The number of ketones is 1. The highest BCUT2D eigenvalue weighted by atomic mass is 35.5. The molecule has 3 atom stereocenters. The number of nitriles is 1. The molecule has 0 unspecified atom stereocenters. The van der Waals surface area contributed by atoms with Crippen LogP contribution in [0, 0.1) is 23.2 Å². The maximum atomic E-state index is 12.1. The summed E-state index contributed by atoms with van der Waals surface area (Å²) in [4.78, 5) is 23.6. The highest BCUT2D eigenvalue weighted by Gasteiger charge is 2.47. The summed E-state index contributed by atoms with van der Waals surface area (Å²) < 4.78 is 0. The number of hydrogen-bond acceptors (Lipinski definition) is 3. The van der Waals surface area contributed by atoms with Crippen LogP contribution < -0.4 is 5.32 Å². The van der Waals surface area contributed by atoms with Crippen molar-refractivity contribution in [3.8, 4) is 6.07 Å². The van der Waals surface area contributed by atoms with Gasteiger partial charge in [-0.3, -0.25) is 9.59 Å². The van der Waals surface area contributed by atoms with Crippen molar-refractivity contribution in [1.82, 2.24) is 5.32 Å². The molecule has 1 aromatic rings.